The number of nitrogen functional groups attached to an aromatic ring is 1. The fourth-order valence-corrected chi connectivity index (χ4v) is 2.06. The minimum Gasteiger partial charge on any atom is -0.482 e. The van der Waals surface area contributed by atoms with Crippen LogP contribution < -0.4 is 15.8 Å². The number of carbonyl (C=O) groups is 1. The Labute approximate surface area is 126 Å². The van der Waals surface area contributed by atoms with Gasteiger partial charge in [0, 0.05) is 4.47 Å². The maximum Gasteiger partial charge on any atom is 0.262 e. The molecule has 5 heteroatoms. The van der Waals surface area contributed by atoms with E-state index in [2.05, 4.69) is 21.2 Å². The van der Waals surface area contributed by atoms with Crippen LogP contribution in [0.1, 0.15) is 5.56 Å². The second kappa shape index (κ2) is 6.43. The van der Waals surface area contributed by atoms with Crippen LogP contribution in [0.5, 0.6) is 5.75 Å². The molecule has 0 unspecified atom stereocenters. The molecule has 1 amide bonds. The highest BCUT2D eigenvalue weighted by atomic mass is 79.9. The fourth-order valence-electron chi connectivity index (χ4n) is 1.67. The largest absolute Gasteiger partial charge is 0.482 e. The first-order valence-corrected chi connectivity index (χ1v) is 6.89. The predicted molar refractivity (Wildman–Crippen MR) is 83.9 cm³/mol. The molecule has 2 aromatic rings. The molecule has 0 heterocycles. The molecule has 0 atom stereocenters. The summed E-state index contributed by atoms with van der Waals surface area (Å²) >= 11 is 3.37. The molecule has 0 saturated heterocycles. The molecule has 0 fully saturated rings. The molecule has 0 aliphatic rings. The maximum atomic E-state index is 11.8. The van der Waals surface area contributed by atoms with Crippen LogP contribution in [0, 0.1) is 6.92 Å². The van der Waals surface area contributed by atoms with Gasteiger partial charge in [0.1, 0.15) is 5.75 Å². The topological polar surface area (TPSA) is 64.3 Å². The second-order valence-electron chi connectivity index (χ2n) is 4.30. The number of hydrogen-bond acceptors (Lipinski definition) is 3. The van der Waals surface area contributed by atoms with Crippen molar-refractivity contribution >= 4 is 33.2 Å². The first kappa shape index (κ1) is 14.4. The zero-order chi connectivity index (χ0) is 14.5. The Balaban J connectivity index is 1.96. The standard InChI is InChI=1S/C15H15BrN2O2/c1-10-5-4-8-13(15(10)17)20-9-14(19)18-12-7-3-2-6-11(12)16/h2-8H,9,17H2,1H3,(H,18,19). The van der Waals surface area contributed by atoms with E-state index >= 15 is 0 Å². The Bertz CT molecular complexity index is 629. The predicted octanol–water partition coefficient (Wildman–Crippen LogP) is 3.36. The summed E-state index contributed by atoms with van der Waals surface area (Å²) in [5.74, 6) is 0.282. The third-order valence-corrected chi connectivity index (χ3v) is 3.48. The molecule has 3 N–H and O–H groups in total. The van der Waals surface area contributed by atoms with Crippen LogP contribution in [0.25, 0.3) is 0 Å². The van der Waals surface area contributed by atoms with Gasteiger partial charge in [-0.25, -0.2) is 0 Å². The number of rotatable bonds is 4. The normalized spacial score (nSPS) is 10.1. The van der Waals surface area contributed by atoms with Crippen LogP contribution in [0.3, 0.4) is 0 Å². The molecule has 0 bridgehead atoms. The van der Waals surface area contributed by atoms with Crippen molar-refractivity contribution in [2.45, 2.75) is 6.92 Å². The van der Waals surface area contributed by atoms with Gasteiger partial charge in [-0.05, 0) is 46.6 Å². The Morgan fingerprint density at radius 3 is 2.75 bits per heavy atom. The van der Waals surface area contributed by atoms with Gasteiger partial charge in [0.2, 0.25) is 0 Å². The molecule has 0 radical (unpaired) electrons. The molecule has 0 saturated carbocycles. The molecule has 0 aliphatic carbocycles. The average molecular weight is 335 g/mol. The van der Waals surface area contributed by atoms with E-state index in [1.807, 2.05) is 43.3 Å². The molecule has 0 aromatic heterocycles. The van der Waals surface area contributed by atoms with E-state index in [1.165, 1.54) is 0 Å². The molecule has 4 nitrogen and oxygen atoms in total. The quantitative estimate of drug-likeness (QED) is 0.842. The lowest BCUT2D eigenvalue weighted by Crippen LogP contribution is -2.20. The number of benzene rings is 2. The zero-order valence-corrected chi connectivity index (χ0v) is 12.6. The zero-order valence-electron chi connectivity index (χ0n) is 11.0. The van der Waals surface area contributed by atoms with E-state index in [9.17, 15) is 4.79 Å². The highest BCUT2D eigenvalue weighted by Gasteiger charge is 2.08. The van der Waals surface area contributed by atoms with Crippen molar-refractivity contribution in [3.05, 3.63) is 52.5 Å². The Morgan fingerprint density at radius 2 is 2.00 bits per heavy atom. The van der Waals surface area contributed by atoms with E-state index in [-0.39, 0.29) is 12.5 Å². The van der Waals surface area contributed by atoms with Crippen molar-refractivity contribution in [3.63, 3.8) is 0 Å². The summed E-state index contributed by atoms with van der Waals surface area (Å²) in [5.41, 5.74) is 8.07. The number of ether oxygens (including phenoxy) is 1. The van der Waals surface area contributed by atoms with E-state index in [4.69, 9.17) is 10.5 Å². The molecule has 2 aromatic carbocycles. The van der Waals surface area contributed by atoms with E-state index in [1.54, 1.807) is 6.07 Å². The second-order valence-corrected chi connectivity index (χ2v) is 5.16. The summed E-state index contributed by atoms with van der Waals surface area (Å²) < 4.78 is 6.26. The molecule has 104 valence electrons. The van der Waals surface area contributed by atoms with Crippen LogP contribution in [0.2, 0.25) is 0 Å². The van der Waals surface area contributed by atoms with Crippen molar-refractivity contribution < 1.29 is 9.53 Å². The fraction of sp³-hybridized carbons (Fsp3) is 0.133. The van der Waals surface area contributed by atoms with E-state index in [0.717, 1.165) is 10.0 Å². The van der Waals surface area contributed by atoms with Crippen molar-refractivity contribution in [3.8, 4) is 5.75 Å². The lowest BCUT2D eigenvalue weighted by Gasteiger charge is -2.11. The van der Waals surface area contributed by atoms with Crippen LogP contribution in [0.15, 0.2) is 46.9 Å². The minimum atomic E-state index is -0.238. The molecule has 0 aliphatic heterocycles. The number of nitrogens with one attached hydrogen (secondary N) is 1. The summed E-state index contributed by atoms with van der Waals surface area (Å²) in [6.07, 6.45) is 0. The van der Waals surface area contributed by atoms with Crippen LogP contribution in [-0.4, -0.2) is 12.5 Å². The van der Waals surface area contributed by atoms with Crippen LogP contribution >= 0.6 is 15.9 Å². The third-order valence-electron chi connectivity index (χ3n) is 2.79. The van der Waals surface area contributed by atoms with Gasteiger partial charge in [-0.15, -0.1) is 0 Å². The average Bonchev–Trinajstić information content (AvgIpc) is 2.43. The number of hydrogen-bond donors (Lipinski definition) is 2. The lowest BCUT2D eigenvalue weighted by atomic mass is 10.2. The molecular weight excluding hydrogens is 320 g/mol. The lowest BCUT2D eigenvalue weighted by molar-refractivity contribution is -0.118. The number of carbonyl (C=O) groups excluding carboxylic acids is 1. The van der Waals surface area contributed by atoms with Gasteiger partial charge in [0.15, 0.2) is 6.61 Å². The minimum absolute atomic E-state index is 0.0883. The van der Waals surface area contributed by atoms with Crippen molar-refractivity contribution in [2.24, 2.45) is 0 Å². The number of para-hydroxylation sites is 2. The van der Waals surface area contributed by atoms with Gasteiger partial charge in [-0.1, -0.05) is 24.3 Å². The highest BCUT2D eigenvalue weighted by molar-refractivity contribution is 9.10. The van der Waals surface area contributed by atoms with Gasteiger partial charge in [-0.2, -0.15) is 0 Å². The Morgan fingerprint density at radius 1 is 1.25 bits per heavy atom. The molecule has 2 rings (SSSR count). The number of aryl methyl sites for hydroxylation is 1. The van der Waals surface area contributed by atoms with Crippen LogP contribution in [0.4, 0.5) is 11.4 Å². The number of nitrogens with two attached hydrogens (primary N) is 1. The molecular formula is C15H15BrN2O2. The summed E-state index contributed by atoms with van der Waals surface area (Å²) in [7, 11) is 0. The van der Waals surface area contributed by atoms with Gasteiger partial charge in [-0.3, -0.25) is 4.79 Å². The summed E-state index contributed by atoms with van der Waals surface area (Å²) in [6, 6.07) is 12.9. The monoisotopic (exact) mass is 334 g/mol. The van der Waals surface area contributed by atoms with Crippen molar-refractivity contribution in [2.75, 3.05) is 17.7 Å². The number of amides is 1. The highest BCUT2D eigenvalue weighted by Crippen LogP contribution is 2.24. The number of halogens is 1. The first-order valence-electron chi connectivity index (χ1n) is 6.10. The van der Waals surface area contributed by atoms with Gasteiger partial charge < -0.3 is 15.8 Å². The van der Waals surface area contributed by atoms with E-state index in [0.29, 0.717) is 17.1 Å². The van der Waals surface area contributed by atoms with Gasteiger partial charge in [0.25, 0.3) is 5.91 Å². The summed E-state index contributed by atoms with van der Waals surface area (Å²) in [5, 5.41) is 2.76. The SMILES string of the molecule is Cc1cccc(OCC(=O)Nc2ccccc2Br)c1N. The molecule has 20 heavy (non-hydrogen) atoms. The summed E-state index contributed by atoms with van der Waals surface area (Å²) in [6.45, 7) is 1.80. The number of anilines is 2. The third kappa shape index (κ3) is 3.51. The Kier molecular flexibility index (Phi) is 4.63. The Hall–Kier alpha value is -2.01. The van der Waals surface area contributed by atoms with E-state index < -0.39 is 0 Å². The van der Waals surface area contributed by atoms with Crippen molar-refractivity contribution in [1.29, 1.82) is 0 Å². The maximum absolute atomic E-state index is 11.8. The van der Waals surface area contributed by atoms with Crippen molar-refractivity contribution in [1.82, 2.24) is 0 Å². The molecule has 0 spiro atoms. The van der Waals surface area contributed by atoms with Gasteiger partial charge >= 0.3 is 0 Å². The first-order chi connectivity index (χ1) is 9.58. The van der Waals surface area contributed by atoms with Crippen LogP contribution in [-0.2, 0) is 4.79 Å². The smallest absolute Gasteiger partial charge is 0.262 e. The van der Waals surface area contributed by atoms with Gasteiger partial charge in [0.05, 0.1) is 11.4 Å². The summed E-state index contributed by atoms with van der Waals surface area (Å²) in [4.78, 5) is 11.8.